The van der Waals surface area contributed by atoms with Crippen LogP contribution in [-0.4, -0.2) is 43.2 Å². The van der Waals surface area contributed by atoms with Crippen LogP contribution in [-0.2, 0) is 23.8 Å². The molecule has 0 aliphatic heterocycles. The number of non-ortho nitro benzene ring substituents is 1. The second-order valence-corrected chi connectivity index (χ2v) is 7.10. The lowest BCUT2D eigenvalue weighted by Gasteiger charge is -2.21. The predicted octanol–water partition coefficient (Wildman–Crippen LogP) is 2.17. The number of carbonyl (C=O) groups is 1. The van der Waals surface area contributed by atoms with Crippen molar-refractivity contribution in [1.29, 1.82) is 0 Å². The quantitative estimate of drug-likeness (QED) is 0.200. The van der Waals surface area contributed by atoms with Crippen LogP contribution >= 0.6 is 0 Å². The van der Waals surface area contributed by atoms with E-state index in [0.29, 0.717) is 6.42 Å². The van der Waals surface area contributed by atoms with E-state index < -0.39 is 33.2 Å². The summed E-state index contributed by atoms with van der Waals surface area (Å²) >= 11 is 0. The fourth-order valence-electron chi connectivity index (χ4n) is 2.19. The fraction of sp³-hybridized carbons (Fsp3) is 0.562. The van der Waals surface area contributed by atoms with Crippen LogP contribution in [0.1, 0.15) is 39.5 Å². The molecule has 1 N–H and O–H groups in total. The Balaban J connectivity index is 2.98. The Labute approximate surface area is 152 Å². The van der Waals surface area contributed by atoms with E-state index in [1.54, 1.807) is 6.92 Å². The van der Waals surface area contributed by atoms with Gasteiger partial charge in [-0.05, 0) is 25.5 Å². The van der Waals surface area contributed by atoms with Gasteiger partial charge in [-0.3, -0.25) is 14.3 Å². The van der Waals surface area contributed by atoms with Crippen molar-refractivity contribution in [2.45, 2.75) is 56.6 Å². The number of nitrogens with zero attached hydrogens (tertiary/aromatic N) is 1. The molecule has 146 valence electrons. The zero-order chi connectivity index (χ0) is 19.7. The number of benzene rings is 1. The Hall–Kier alpha value is -2.04. The zero-order valence-electron chi connectivity index (χ0n) is 14.7. The van der Waals surface area contributed by atoms with Gasteiger partial charge in [0.25, 0.3) is 15.8 Å². The normalized spacial score (nSPS) is 13.8. The van der Waals surface area contributed by atoms with E-state index in [4.69, 9.17) is 8.92 Å². The number of hydrogen-bond acceptors (Lipinski definition) is 8. The van der Waals surface area contributed by atoms with Crippen molar-refractivity contribution in [3.63, 3.8) is 0 Å². The molecule has 0 fully saturated rings. The highest BCUT2D eigenvalue weighted by molar-refractivity contribution is 7.86. The second-order valence-electron chi connectivity index (χ2n) is 5.53. The number of rotatable bonds is 11. The summed E-state index contributed by atoms with van der Waals surface area (Å²) in [4.78, 5) is 21.4. The Kier molecular flexibility index (Phi) is 8.62. The number of hydrogen-bond donors (Lipinski definition) is 1. The summed E-state index contributed by atoms with van der Waals surface area (Å²) in [6.07, 6.45) is -0.738. The zero-order valence-corrected chi connectivity index (χ0v) is 15.5. The molecule has 1 aromatic carbocycles. The SMILES string of the molecule is CCCCCC(OS(=O)(=O)c1ccc([N+](=O)[O-])cc1)C(O)C(=O)OCC. The molecule has 2 atom stereocenters. The maximum atomic E-state index is 12.4. The van der Waals surface area contributed by atoms with Crippen molar-refractivity contribution in [3.05, 3.63) is 34.4 Å². The molecule has 0 aromatic heterocycles. The standard InChI is InChI=1S/C16H23NO8S/c1-3-5-6-7-14(15(18)16(19)24-4-2)25-26(22,23)13-10-8-12(9-11-13)17(20)21/h8-11,14-15,18H,3-7H2,1-2H3. The van der Waals surface area contributed by atoms with Gasteiger partial charge in [-0.15, -0.1) is 0 Å². The molecular weight excluding hydrogens is 366 g/mol. The van der Waals surface area contributed by atoms with E-state index in [1.165, 1.54) is 0 Å². The molecule has 0 spiro atoms. The van der Waals surface area contributed by atoms with Crippen molar-refractivity contribution >= 4 is 21.8 Å². The van der Waals surface area contributed by atoms with Crippen molar-refractivity contribution < 1.29 is 32.2 Å². The lowest BCUT2D eigenvalue weighted by molar-refractivity contribution is -0.384. The highest BCUT2D eigenvalue weighted by Gasteiger charge is 2.33. The van der Waals surface area contributed by atoms with E-state index in [1.807, 2.05) is 6.92 Å². The van der Waals surface area contributed by atoms with Gasteiger partial charge in [0.15, 0.2) is 6.10 Å². The monoisotopic (exact) mass is 389 g/mol. The number of nitro groups is 1. The molecule has 0 radical (unpaired) electrons. The van der Waals surface area contributed by atoms with Gasteiger partial charge in [0, 0.05) is 12.1 Å². The average molecular weight is 389 g/mol. The summed E-state index contributed by atoms with van der Waals surface area (Å²) in [6, 6.07) is 4.13. The molecule has 0 heterocycles. The highest BCUT2D eigenvalue weighted by Crippen LogP contribution is 2.22. The lowest BCUT2D eigenvalue weighted by atomic mass is 10.1. The summed E-state index contributed by atoms with van der Waals surface area (Å²) < 4.78 is 34.5. The summed E-state index contributed by atoms with van der Waals surface area (Å²) in [5.41, 5.74) is -0.269. The molecule has 0 amide bonds. The smallest absolute Gasteiger partial charge is 0.337 e. The maximum Gasteiger partial charge on any atom is 0.337 e. The van der Waals surface area contributed by atoms with Gasteiger partial charge < -0.3 is 9.84 Å². The number of aliphatic hydroxyl groups is 1. The van der Waals surface area contributed by atoms with Crippen molar-refractivity contribution in [3.8, 4) is 0 Å². The Morgan fingerprint density at radius 1 is 1.23 bits per heavy atom. The van der Waals surface area contributed by atoms with Crippen LogP contribution in [0.2, 0.25) is 0 Å². The number of carbonyl (C=O) groups excluding carboxylic acids is 1. The van der Waals surface area contributed by atoms with E-state index in [2.05, 4.69) is 0 Å². The first-order valence-electron chi connectivity index (χ1n) is 8.25. The van der Waals surface area contributed by atoms with Crippen molar-refractivity contribution in [2.75, 3.05) is 6.61 Å². The molecule has 0 aliphatic rings. The minimum Gasteiger partial charge on any atom is -0.464 e. The highest BCUT2D eigenvalue weighted by atomic mass is 32.2. The third kappa shape index (κ3) is 6.36. The van der Waals surface area contributed by atoms with E-state index in [-0.39, 0.29) is 23.6 Å². The molecule has 0 saturated carbocycles. The van der Waals surface area contributed by atoms with E-state index in [0.717, 1.165) is 37.1 Å². The first-order chi connectivity index (χ1) is 12.2. The van der Waals surface area contributed by atoms with Crippen molar-refractivity contribution in [1.82, 2.24) is 0 Å². The molecule has 1 rings (SSSR count). The van der Waals surface area contributed by atoms with E-state index >= 15 is 0 Å². The van der Waals surface area contributed by atoms with Crippen LogP contribution in [0.25, 0.3) is 0 Å². The van der Waals surface area contributed by atoms with Gasteiger partial charge in [-0.1, -0.05) is 26.2 Å². The average Bonchev–Trinajstić information content (AvgIpc) is 2.60. The number of aliphatic hydroxyl groups excluding tert-OH is 1. The number of nitro benzene ring substituents is 1. The maximum absolute atomic E-state index is 12.4. The molecule has 0 bridgehead atoms. The van der Waals surface area contributed by atoms with Crippen LogP contribution in [0.4, 0.5) is 5.69 Å². The number of ether oxygens (including phenoxy) is 1. The van der Waals surface area contributed by atoms with Crippen LogP contribution in [0.5, 0.6) is 0 Å². The summed E-state index contributed by atoms with van der Waals surface area (Å²) in [7, 11) is -4.32. The van der Waals surface area contributed by atoms with Gasteiger partial charge in [0.05, 0.1) is 16.4 Å². The second kappa shape index (κ2) is 10.2. The van der Waals surface area contributed by atoms with Gasteiger partial charge in [-0.25, -0.2) is 4.79 Å². The lowest BCUT2D eigenvalue weighted by Crippen LogP contribution is -2.38. The Bertz CT molecular complexity index is 701. The number of unbranched alkanes of at least 4 members (excludes halogenated alkanes) is 2. The molecule has 0 saturated heterocycles. The third-order valence-corrected chi connectivity index (χ3v) is 4.91. The van der Waals surface area contributed by atoms with Crippen molar-refractivity contribution in [2.24, 2.45) is 0 Å². The summed E-state index contributed by atoms with van der Waals surface area (Å²) in [5.74, 6) is -0.965. The molecule has 10 heteroatoms. The fourth-order valence-corrected chi connectivity index (χ4v) is 3.29. The third-order valence-electron chi connectivity index (χ3n) is 3.56. The molecule has 26 heavy (non-hydrogen) atoms. The van der Waals surface area contributed by atoms with Crippen LogP contribution < -0.4 is 0 Å². The van der Waals surface area contributed by atoms with Crippen LogP contribution in [0, 0.1) is 10.1 Å². The molecule has 0 aliphatic carbocycles. The molecule has 1 aromatic rings. The largest absolute Gasteiger partial charge is 0.464 e. The Morgan fingerprint density at radius 2 is 1.85 bits per heavy atom. The summed E-state index contributed by atoms with van der Waals surface area (Å²) in [5, 5.41) is 20.7. The van der Waals surface area contributed by atoms with Gasteiger partial charge >= 0.3 is 5.97 Å². The molecule has 2 unspecified atom stereocenters. The first kappa shape index (κ1) is 22.0. The van der Waals surface area contributed by atoms with E-state index in [9.17, 15) is 28.4 Å². The van der Waals surface area contributed by atoms with Gasteiger partial charge in [0.2, 0.25) is 0 Å². The first-order valence-corrected chi connectivity index (χ1v) is 9.66. The van der Waals surface area contributed by atoms with Gasteiger partial charge in [-0.2, -0.15) is 8.42 Å². The minimum absolute atomic E-state index is 0.0344. The minimum atomic E-state index is -4.32. The summed E-state index contributed by atoms with van der Waals surface area (Å²) in [6.45, 7) is 3.54. The number of esters is 1. The molecule has 9 nitrogen and oxygen atoms in total. The van der Waals surface area contributed by atoms with Gasteiger partial charge in [0.1, 0.15) is 6.10 Å². The predicted molar refractivity (Wildman–Crippen MR) is 91.9 cm³/mol. The topological polar surface area (TPSA) is 133 Å². The van der Waals surface area contributed by atoms with Crippen LogP contribution in [0.15, 0.2) is 29.2 Å². The van der Waals surface area contributed by atoms with Crippen LogP contribution in [0.3, 0.4) is 0 Å². The Morgan fingerprint density at radius 3 is 2.35 bits per heavy atom. The molecular formula is C16H23NO8S.